The van der Waals surface area contributed by atoms with Crippen LogP contribution in [-0.4, -0.2) is 10.6 Å². The van der Waals surface area contributed by atoms with Crippen LogP contribution in [0.5, 0.6) is 0 Å². The van der Waals surface area contributed by atoms with Crippen molar-refractivity contribution in [1.82, 2.24) is 0 Å². The Kier molecular flexibility index (Phi) is 10.1. The van der Waals surface area contributed by atoms with Crippen molar-refractivity contribution < 1.29 is 0 Å². The molecule has 31 heavy (non-hydrogen) atoms. The second-order valence-electron chi connectivity index (χ2n) is 8.09. The number of rotatable bonds is 12. The van der Waals surface area contributed by atoms with Crippen molar-refractivity contribution in [3.8, 4) is 0 Å². The Balaban J connectivity index is 1.93. The van der Waals surface area contributed by atoms with E-state index in [2.05, 4.69) is 148 Å². The van der Waals surface area contributed by atoms with Gasteiger partial charge in [0.25, 0.3) is 0 Å². The first-order chi connectivity index (χ1) is 15.2. The van der Waals surface area contributed by atoms with E-state index in [1.807, 2.05) is 0 Å². The first-order valence-corrected chi connectivity index (χ1v) is 18.0. The van der Waals surface area contributed by atoms with Gasteiger partial charge in [-0.05, 0) is 0 Å². The molecule has 0 spiro atoms. The summed E-state index contributed by atoms with van der Waals surface area (Å²) in [6, 6.07) is 33.6. The first-order valence-electron chi connectivity index (χ1n) is 11.3. The summed E-state index contributed by atoms with van der Waals surface area (Å²) in [5.74, 6) is 0. The third-order valence-corrected chi connectivity index (χ3v) is 18.0. The summed E-state index contributed by atoms with van der Waals surface area (Å²) < 4.78 is -1.35. The number of allylic oxidation sites excluding steroid dienone is 2. The van der Waals surface area contributed by atoms with Crippen LogP contribution < -0.4 is 15.9 Å². The Morgan fingerprint density at radius 3 is 1.42 bits per heavy atom. The van der Waals surface area contributed by atoms with Gasteiger partial charge in [0.2, 0.25) is 0 Å². The average Bonchev–Trinajstić information content (AvgIpc) is 2.84. The maximum atomic E-state index is 2.87. The van der Waals surface area contributed by atoms with Crippen molar-refractivity contribution in [2.24, 2.45) is 0 Å². The summed E-state index contributed by atoms with van der Waals surface area (Å²) >= 11 is 5.35. The number of halogens is 2. The molecule has 0 saturated heterocycles. The predicted octanol–water partition coefficient (Wildman–Crippen LogP) is 8.20. The molecule has 0 unspecified atom stereocenters. The molecule has 0 heterocycles. The van der Waals surface area contributed by atoms with Gasteiger partial charge in [0.15, 0.2) is 0 Å². The zero-order chi connectivity index (χ0) is 21.9. The Hall–Kier alpha value is -0.710. The van der Waals surface area contributed by atoms with E-state index in [9.17, 15) is 0 Å². The number of hydrogen-bond donors (Lipinski definition) is 0. The Labute approximate surface area is 215 Å². The molecule has 0 aliphatic heterocycles. The fourth-order valence-electron chi connectivity index (χ4n) is 4.26. The summed E-state index contributed by atoms with van der Waals surface area (Å²) in [6.45, 7) is 0. The summed E-state index contributed by atoms with van der Waals surface area (Å²) in [5.41, 5.74) is 0. The molecule has 3 rings (SSSR count). The number of hydrogen-bond acceptors (Lipinski definition) is 0. The van der Waals surface area contributed by atoms with Gasteiger partial charge in [0, 0.05) is 0 Å². The fraction of sp³-hybridized carbons (Fsp3) is 0.286. The van der Waals surface area contributed by atoms with Crippen LogP contribution in [0, 0.1) is 0 Å². The molecule has 0 amide bonds. The SMILES string of the molecule is ICCCCCCCC=CCP(I)(c1ccccc1)(c1ccccc1)c1ccccc1. The molecule has 3 aromatic rings. The molecule has 0 nitrogen and oxygen atoms in total. The molecule has 0 bridgehead atoms. The fourth-order valence-corrected chi connectivity index (χ4v) is 12.8. The quantitative estimate of drug-likeness (QED) is 0.0608. The predicted molar refractivity (Wildman–Crippen MR) is 160 cm³/mol. The van der Waals surface area contributed by atoms with Crippen LogP contribution in [-0.2, 0) is 0 Å². The van der Waals surface area contributed by atoms with Crippen LogP contribution in [0.3, 0.4) is 0 Å². The van der Waals surface area contributed by atoms with Crippen molar-refractivity contribution in [1.29, 1.82) is 0 Å². The van der Waals surface area contributed by atoms with Crippen molar-refractivity contribution in [3.63, 3.8) is 0 Å². The van der Waals surface area contributed by atoms with Gasteiger partial charge in [-0.1, -0.05) is 0 Å². The zero-order valence-electron chi connectivity index (χ0n) is 18.2. The molecule has 0 aliphatic carbocycles. The molecule has 0 N–H and O–H groups in total. The van der Waals surface area contributed by atoms with Gasteiger partial charge < -0.3 is 0 Å². The third-order valence-electron chi connectivity index (χ3n) is 6.00. The summed E-state index contributed by atoms with van der Waals surface area (Å²) in [4.78, 5) is 0. The number of unbranched alkanes of at least 4 members (excludes halogenated alkanes) is 5. The van der Waals surface area contributed by atoms with Gasteiger partial charge in [0.1, 0.15) is 0 Å². The molecule has 0 aliphatic rings. The van der Waals surface area contributed by atoms with E-state index < -0.39 is 4.25 Å². The van der Waals surface area contributed by atoms with Gasteiger partial charge in [-0.25, -0.2) is 0 Å². The van der Waals surface area contributed by atoms with E-state index in [1.54, 1.807) is 0 Å². The van der Waals surface area contributed by atoms with E-state index in [4.69, 9.17) is 0 Å². The molecule has 0 fully saturated rings. The molecule has 3 heteroatoms. The second-order valence-corrected chi connectivity index (χ2v) is 19.8. The normalized spacial score (nSPS) is 13.2. The maximum absolute atomic E-state index is 2.87. The molecule has 0 aromatic heterocycles. The second kappa shape index (κ2) is 12.5. The van der Waals surface area contributed by atoms with Gasteiger partial charge in [-0.3, -0.25) is 0 Å². The Morgan fingerprint density at radius 2 is 0.968 bits per heavy atom. The monoisotopic (exact) mass is 654 g/mol. The van der Waals surface area contributed by atoms with E-state index >= 15 is 0 Å². The standard InChI is InChI=1S/C28H33I2P/c29-24-16-5-3-1-2-4-6-17-25-31(30,26-18-10-7-11-19-26,27-20-12-8-13-21-27)28-22-14-9-15-23-28/h6-15,17-23H,1-5,16,24-25H2. The molecule has 0 atom stereocenters. The molecular weight excluding hydrogens is 621 g/mol. The van der Waals surface area contributed by atoms with Crippen molar-refractivity contribution in [2.75, 3.05) is 10.6 Å². The van der Waals surface area contributed by atoms with Gasteiger partial charge >= 0.3 is 217 Å². The minimum absolute atomic E-state index is 1.05. The molecule has 164 valence electrons. The van der Waals surface area contributed by atoms with Crippen LogP contribution in [0.25, 0.3) is 0 Å². The molecule has 0 saturated carbocycles. The topological polar surface area (TPSA) is 0 Å². The Morgan fingerprint density at radius 1 is 0.548 bits per heavy atom. The summed E-state index contributed by atoms with van der Waals surface area (Å²) in [7, 11) is 0. The van der Waals surface area contributed by atoms with Gasteiger partial charge in [-0.2, -0.15) is 0 Å². The number of benzene rings is 3. The molecule has 0 radical (unpaired) electrons. The van der Waals surface area contributed by atoms with E-state index in [0.29, 0.717) is 0 Å². The van der Waals surface area contributed by atoms with E-state index in [1.165, 1.54) is 58.9 Å². The van der Waals surface area contributed by atoms with Crippen LogP contribution in [0.4, 0.5) is 0 Å². The van der Waals surface area contributed by atoms with Gasteiger partial charge in [0.05, 0.1) is 0 Å². The van der Waals surface area contributed by atoms with Crippen LogP contribution in [0.15, 0.2) is 103 Å². The molecular formula is C28H33I2P. The van der Waals surface area contributed by atoms with Gasteiger partial charge in [-0.15, -0.1) is 0 Å². The zero-order valence-corrected chi connectivity index (χ0v) is 23.4. The minimum atomic E-state index is -2.64. The van der Waals surface area contributed by atoms with Crippen LogP contribution in [0.1, 0.15) is 38.5 Å². The van der Waals surface area contributed by atoms with Crippen LogP contribution in [0.2, 0.25) is 0 Å². The summed E-state index contributed by atoms with van der Waals surface area (Å²) in [6.07, 6.45) is 13.9. The number of alkyl halides is 1. The first kappa shape index (κ1) is 24.9. The van der Waals surface area contributed by atoms with E-state index in [0.717, 1.165) is 6.16 Å². The molecule has 3 aromatic carbocycles. The van der Waals surface area contributed by atoms with Crippen molar-refractivity contribution >= 4 is 64.8 Å². The van der Waals surface area contributed by atoms with Crippen LogP contribution >= 0.6 is 48.9 Å². The third kappa shape index (κ3) is 6.00. The summed E-state index contributed by atoms with van der Waals surface area (Å²) in [5, 5.41) is 4.36. The Bertz CT molecular complexity index is 824. The van der Waals surface area contributed by atoms with E-state index in [-0.39, 0.29) is 0 Å². The average molecular weight is 654 g/mol. The van der Waals surface area contributed by atoms with Crippen molar-refractivity contribution in [3.05, 3.63) is 103 Å². The van der Waals surface area contributed by atoms with Crippen molar-refractivity contribution in [2.45, 2.75) is 38.5 Å².